The monoisotopic (exact) mass is 334 g/mol. The quantitative estimate of drug-likeness (QED) is 0.521. The molecule has 0 saturated heterocycles. The van der Waals surface area contributed by atoms with Gasteiger partial charge in [-0.25, -0.2) is 0 Å². The summed E-state index contributed by atoms with van der Waals surface area (Å²) >= 11 is 0. The second-order valence-corrected chi connectivity index (χ2v) is 5.57. The van der Waals surface area contributed by atoms with E-state index in [1.807, 2.05) is 12.1 Å². The molecule has 8 heteroatoms. The van der Waals surface area contributed by atoms with Crippen LogP contribution >= 0.6 is 0 Å². The van der Waals surface area contributed by atoms with Crippen molar-refractivity contribution in [3.05, 3.63) is 81.3 Å². The Kier molecular flexibility index (Phi) is 3.72. The molecule has 0 bridgehead atoms. The van der Waals surface area contributed by atoms with E-state index in [2.05, 4.69) is 20.9 Å². The summed E-state index contributed by atoms with van der Waals surface area (Å²) in [6.45, 7) is 0.219. The molecule has 1 aliphatic carbocycles. The van der Waals surface area contributed by atoms with Gasteiger partial charge in [0.2, 0.25) is 0 Å². The van der Waals surface area contributed by atoms with Crippen LogP contribution in [0.25, 0.3) is 11.4 Å². The lowest BCUT2D eigenvalue weighted by Gasteiger charge is -2.09. The zero-order valence-corrected chi connectivity index (χ0v) is 13.2. The van der Waals surface area contributed by atoms with Crippen LogP contribution in [0.1, 0.15) is 18.5 Å². The fourth-order valence-corrected chi connectivity index (χ4v) is 2.66. The van der Waals surface area contributed by atoms with Crippen LogP contribution in [-0.4, -0.2) is 29.1 Å². The summed E-state index contributed by atoms with van der Waals surface area (Å²) in [5.41, 5.74) is 3.96. The van der Waals surface area contributed by atoms with E-state index < -0.39 is 11.1 Å². The van der Waals surface area contributed by atoms with Crippen molar-refractivity contribution in [1.82, 2.24) is 29.1 Å². The van der Waals surface area contributed by atoms with Gasteiger partial charge in [-0.15, -0.1) is 5.73 Å². The lowest BCUT2D eigenvalue weighted by molar-refractivity contribution is 0.699. The first-order valence-electron chi connectivity index (χ1n) is 7.80. The van der Waals surface area contributed by atoms with Crippen molar-refractivity contribution in [2.75, 3.05) is 0 Å². The van der Waals surface area contributed by atoms with Crippen molar-refractivity contribution in [2.24, 2.45) is 0 Å². The van der Waals surface area contributed by atoms with Crippen molar-refractivity contribution in [2.45, 2.75) is 19.4 Å². The van der Waals surface area contributed by atoms with E-state index in [9.17, 15) is 9.59 Å². The lowest BCUT2D eigenvalue weighted by atomic mass is 10.3. The highest BCUT2D eigenvalue weighted by molar-refractivity contribution is 5.47. The van der Waals surface area contributed by atoms with Crippen LogP contribution in [0.15, 0.2) is 64.5 Å². The van der Waals surface area contributed by atoms with Crippen LogP contribution in [-0.2, 0) is 6.54 Å². The van der Waals surface area contributed by atoms with Crippen molar-refractivity contribution in [3.63, 3.8) is 0 Å². The smallest absolute Gasteiger partial charge is 0.303 e. The van der Waals surface area contributed by atoms with Gasteiger partial charge in [-0.3, -0.25) is 19.1 Å². The fraction of sp³-hybridized carbons (Fsp3) is 0.176. The molecular weight excluding hydrogens is 320 g/mol. The molecule has 124 valence electrons. The van der Waals surface area contributed by atoms with Crippen LogP contribution in [0.2, 0.25) is 0 Å². The van der Waals surface area contributed by atoms with Crippen molar-refractivity contribution < 1.29 is 0 Å². The number of nitrogens with zero attached hydrogens (tertiary/aromatic N) is 6. The second-order valence-electron chi connectivity index (χ2n) is 5.57. The summed E-state index contributed by atoms with van der Waals surface area (Å²) in [4.78, 5) is 30.4. The van der Waals surface area contributed by atoms with E-state index in [0.717, 1.165) is 17.8 Å². The van der Waals surface area contributed by atoms with Crippen molar-refractivity contribution >= 4 is 5.70 Å². The zero-order chi connectivity index (χ0) is 17.2. The van der Waals surface area contributed by atoms with Crippen LogP contribution < -0.4 is 11.1 Å². The van der Waals surface area contributed by atoms with E-state index in [4.69, 9.17) is 0 Å². The van der Waals surface area contributed by atoms with Crippen LogP contribution in [0.4, 0.5) is 0 Å². The van der Waals surface area contributed by atoms with Crippen LogP contribution in [0.5, 0.6) is 0 Å². The summed E-state index contributed by atoms with van der Waals surface area (Å²) in [5.74, 6) is 0. The van der Waals surface area contributed by atoms with Crippen LogP contribution in [0.3, 0.4) is 0 Å². The first-order chi connectivity index (χ1) is 12.2. The van der Waals surface area contributed by atoms with Gasteiger partial charge >= 0.3 is 11.1 Å². The van der Waals surface area contributed by atoms with E-state index in [1.54, 1.807) is 37.1 Å². The summed E-state index contributed by atoms with van der Waals surface area (Å²) in [5, 5.41) is 8.06. The normalized spacial score (nSPS) is 13.2. The molecule has 0 fully saturated rings. The van der Waals surface area contributed by atoms with Crippen molar-refractivity contribution in [1.29, 1.82) is 0 Å². The van der Waals surface area contributed by atoms with Gasteiger partial charge in [0.1, 0.15) is 5.69 Å². The summed E-state index contributed by atoms with van der Waals surface area (Å²) in [6, 6.07) is 3.58. The van der Waals surface area contributed by atoms with Gasteiger partial charge in [0.15, 0.2) is 0 Å². The molecule has 1 aliphatic rings. The zero-order valence-electron chi connectivity index (χ0n) is 13.2. The van der Waals surface area contributed by atoms with E-state index in [-0.39, 0.29) is 6.54 Å². The number of hydrogen-bond acceptors (Lipinski definition) is 5. The maximum absolute atomic E-state index is 12.3. The Balaban J connectivity index is 1.61. The molecule has 8 nitrogen and oxygen atoms in total. The fourth-order valence-electron chi connectivity index (χ4n) is 2.66. The summed E-state index contributed by atoms with van der Waals surface area (Å²) in [7, 11) is 0. The average Bonchev–Trinajstić information content (AvgIpc) is 3.33. The molecule has 0 amide bonds. The molecular formula is C17H14N6O2. The van der Waals surface area contributed by atoms with E-state index in [1.165, 1.54) is 13.9 Å². The molecule has 0 aliphatic heterocycles. The maximum Gasteiger partial charge on any atom is 0.321 e. The minimum Gasteiger partial charge on any atom is -0.303 e. The third kappa shape index (κ3) is 2.86. The Morgan fingerprint density at radius 1 is 1.08 bits per heavy atom. The molecule has 3 heterocycles. The number of rotatable bonds is 4. The van der Waals surface area contributed by atoms with Gasteiger partial charge in [-0.05, 0) is 31.1 Å². The Labute approximate surface area is 142 Å². The minimum atomic E-state index is -0.580. The summed E-state index contributed by atoms with van der Waals surface area (Å²) < 4.78 is 2.72. The van der Waals surface area contributed by atoms with Crippen LogP contribution in [0, 0.1) is 0 Å². The topological polar surface area (TPSA) is 87.6 Å². The maximum atomic E-state index is 12.3. The third-order valence-electron chi connectivity index (χ3n) is 3.93. The molecule has 0 unspecified atom stereocenters. The third-order valence-corrected chi connectivity index (χ3v) is 3.93. The first-order valence-corrected chi connectivity index (χ1v) is 7.80. The van der Waals surface area contributed by atoms with Gasteiger partial charge < -0.3 is 4.57 Å². The lowest BCUT2D eigenvalue weighted by Crippen LogP contribution is -2.40. The molecule has 25 heavy (non-hydrogen) atoms. The van der Waals surface area contributed by atoms with Gasteiger partial charge in [0.05, 0.1) is 36.5 Å². The molecule has 0 spiro atoms. The molecule has 3 aromatic heterocycles. The molecule has 0 radical (unpaired) electrons. The predicted molar refractivity (Wildman–Crippen MR) is 90.2 cm³/mol. The predicted octanol–water partition coefficient (Wildman–Crippen LogP) is 0.824. The minimum absolute atomic E-state index is 0.219. The second kappa shape index (κ2) is 6.18. The van der Waals surface area contributed by atoms with Crippen molar-refractivity contribution in [3.8, 4) is 5.69 Å². The molecule has 0 N–H and O–H groups in total. The molecule has 0 saturated carbocycles. The number of allylic oxidation sites excluding steroid dienone is 1. The number of aromatic nitrogens is 6. The summed E-state index contributed by atoms with van der Waals surface area (Å²) in [6.07, 6.45) is 11.4. The average molecular weight is 334 g/mol. The molecule has 4 rings (SSSR count). The standard InChI is InChI=1S/C17H14N6O2/c24-16-17(25)22(14-3-1-2-4-14)10-9-21(16)12-13-5-6-15(11-18-13)23-19-7-8-20-23/h1,5-11H,2,4,12H2. The Hall–Kier alpha value is -3.51. The SMILES string of the molecule is O=c1c(=O)n(C2=C=CCC2)ccn1Cc1ccc(-n2nccn2)cn1. The van der Waals surface area contributed by atoms with Gasteiger partial charge in [-0.1, -0.05) is 0 Å². The van der Waals surface area contributed by atoms with Gasteiger partial charge in [0.25, 0.3) is 0 Å². The first kappa shape index (κ1) is 15.0. The molecule has 0 atom stereocenters. The van der Waals surface area contributed by atoms with Gasteiger partial charge in [-0.2, -0.15) is 15.0 Å². The Bertz CT molecular complexity index is 1080. The van der Waals surface area contributed by atoms with Gasteiger partial charge in [0, 0.05) is 12.4 Å². The number of pyridine rings is 1. The molecule has 3 aromatic rings. The Morgan fingerprint density at radius 2 is 1.92 bits per heavy atom. The highest BCUT2D eigenvalue weighted by atomic mass is 16.2. The number of hydrogen-bond donors (Lipinski definition) is 0. The van der Waals surface area contributed by atoms with E-state index in [0.29, 0.717) is 12.1 Å². The Morgan fingerprint density at radius 3 is 2.60 bits per heavy atom. The highest BCUT2D eigenvalue weighted by Crippen LogP contribution is 2.13. The largest absolute Gasteiger partial charge is 0.321 e. The molecule has 0 aromatic carbocycles. The van der Waals surface area contributed by atoms with E-state index >= 15 is 0 Å². The highest BCUT2D eigenvalue weighted by Gasteiger charge is 2.11.